The second-order valence-corrected chi connectivity index (χ2v) is 9.62. The van der Waals surface area contributed by atoms with Gasteiger partial charge in [-0.1, -0.05) is 35.3 Å². The summed E-state index contributed by atoms with van der Waals surface area (Å²) in [4.78, 5) is 38.5. The van der Waals surface area contributed by atoms with Gasteiger partial charge in [0.1, 0.15) is 0 Å². The van der Waals surface area contributed by atoms with Gasteiger partial charge in [-0.25, -0.2) is 19.6 Å². The first-order chi connectivity index (χ1) is 19.8. The van der Waals surface area contributed by atoms with Crippen molar-refractivity contribution in [2.75, 3.05) is 7.11 Å². The SMILES string of the molecule is COC(=O)c1cnc(Cc2ccc3ncc(Cl)cc3c2)o1.O=C(O)c1cnc(Cc2ccc3ncc(Cl)cc3c2)o1. The normalized spacial score (nSPS) is 10.8. The Morgan fingerprint density at radius 1 is 0.732 bits per heavy atom. The number of carboxylic acids is 1. The number of carbonyl (C=O) groups excluding carboxylic acids is 1. The van der Waals surface area contributed by atoms with Gasteiger partial charge in [0, 0.05) is 36.0 Å². The number of methoxy groups -OCH3 is 1. The summed E-state index contributed by atoms with van der Waals surface area (Å²) in [5, 5.41) is 11.8. The molecule has 2 aromatic carbocycles. The number of hydrogen-bond acceptors (Lipinski definition) is 9. The van der Waals surface area contributed by atoms with Crippen molar-refractivity contribution in [3.8, 4) is 0 Å². The monoisotopic (exact) mass is 590 g/mol. The van der Waals surface area contributed by atoms with E-state index in [9.17, 15) is 9.59 Å². The molecule has 1 N–H and O–H groups in total. The van der Waals surface area contributed by atoms with Gasteiger partial charge in [0.15, 0.2) is 11.8 Å². The van der Waals surface area contributed by atoms with Crippen LogP contribution in [0.25, 0.3) is 21.8 Å². The fourth-order valence-corrected chi connectivity index (χ4v) is 4.29. The lowest BCUT2D eigenvalue weighted by Crippen LogP contribution is -1.98. The van der Waals surface area contributed by atoms with E-state index in [-0.39, 0.29) is 11.5 Å². The average molecular weight is 591 g/mol. The summed E-state index contributed by atoms with van der Waals surface area (Å²) in [5.74, 6) is -0.925. The summed E-state index contributed by atoms with van der Waals surface area (Å²) >= 11 is 11.9. The Bertz CT molecular complexity index is 1880. The quantitative estimate of drug-likeness (QED) is 0.216. The molecule has 0 spiro atoms. The number of halogens is 2. The summed E-state index contributed by atoms with van der Waals surface area (Å²) in [7, 11) is 1.30. The maximum atomic E-state index is 11.3. The van der Waals surface area contributed by atoms with E-state index < -0.39 is 11.9 Å². The molecule has 0 aliphatic heterocycles. The first-order valence-corrected chi connectivity index (χ1v) is 12.8. The van der Waals surface area contributed by atoms with Gasteiger partial charge in [-0.15, -0.1) is 0 Å². The number of fused-ring (bicyclic) bond motifs is 2. The van der Waals surface area contributed by atoms with Crippen molar-refractivity contribution < 1.29 is 28.3 Å². The average Bonchev–Trinajstić information content (AvgIpc) is 3.63. The van der Waals surface area contributed by atoms with Gasteiger partial charge in [0.2, 0.25) is 11.5 Å². The molecule has 12 heteroatoms. The lowest BCUT2D eigenvalue weighted by atomic mass is 10.1. The van der Waals surface area contributed by atoms with Gasteiger partial charge in [-0.05, 0) is 47.5 Å². The second kappa shape index (κ2) is 12.2. The van der Waals surface area contributed by atoms with Gasteiger partial charge < -0.3 is 18.7 Å². The van der Waals surface area contributed by atoms with E-state index in [4.69, 9.17) is 37.1 Å². The molecule has 0 aliphatic rings. The van der Waals surface area contributed by atoms with Crippen LogP contribution >= 0.6 is 23.2 Å². The number of carboxylic acid groups (broad SMARTS) is 1. The number of benzene rings is 2. The number of oxazole rings is 2. The first-order valence-electron chi connectivity index (χ1n) is 12.1. The van der Waals surface area contributed by atoms with Crippen molar-refractivity contribution >= 4 is 56.9 Å². The Hall–Kier alpha value is -4.80. The van der Waals surface area contributed by atoms with Gasteiger partial charge in [0.05, 0.1) is 40.6 Å². The fourth-order valence-electron chi connectivity index (χ4n) is 3.96. The number of nitrogens with zero attached hydrogens (tertiary/aromatic N) is 4. The number of hydrogen-bond donors (Lipinski definition) is 1. The smallest absolute Gasteiger partial charge is 0.375 e. The molecule has 0 fully saturated rings. The zero-order valence-corrected chi connectivity index (χ0v) is 22.9. The molecule has 0 atom stereocenters. The molecule has 6 aromatic rings. The zero-order valence-electron chi connectivity index (χ0n) is 21.4. The number of aromatic nitrogens is 4. The number of carbonyl (C=O) groups is 2. The van der Waals surface area contributed by atoms with E-state index in [0.29, 0.717) is 34.7 Å². The van der Waals surface area contributed by atoms with Crippen molar-refractivity contribution in [3.05, 3.63) is 118 Å². The second-order valence-electron chi connectivity index (χ2n) is 8.75. The lowest BCUT2D eigenvalue weighted by molar-refractivity contribution is 0.0562. The zero-order chi connectivity index (χ0) is 28.9. The third kappa shape index (κ3) is 6.86. The van der Waals surface area contributed by atoms with E-state index in [1.54, 1.807) is 12.4 Å². The van der Waals surface area contributed by atoms with Crippen LogP contribution < -0.4 is 0 Å². The number of aromatic carboxylic acids is 1. The van der Waals surface area contributed by atoms with Crippen LogP contribution in [-0.2, 0) is 17.6 Å². The minimum absolute atomic E-state index is 0.0954. The minimum Gasteiger partial charge on any atom is -0.475 e. The highest BCUT2D eigenvalue weighted by molar-refractivity contribution is 6.31. The predicted molar refractivity (Wildman–Crippen MR) is 150 cm³/mol. The topological polar surface area (TPSA) is 141 Å². The van der Waals surface area contributed by atoms with Crippen molar-refractivity contribution in [3.63, 3.8) is 0 Å². The van der Waals surface area contributed by atoms with Crippen molar-refractivity contribution in [1.82, 2.24) is 19.9 Å². The number of pyridine rings is 2. The molecule has 0 radical (unpaired) electrons. The molecule has 0 unspecified atom stereocenters. The van der Waals surface area contributed by atoms with E-state index in [1.807, 2.05) is 48.5 Å². The molecule has 0 saturated heterocycles. The maximum absolute atomic E-state index is 11.3. The van der Waals surface area contributed by atoms with E-state index in [2.05, 4.69) is 24.7 Å². The Morgan fingerprint density at radius 3 is 1.68 bits per heavy atom. The van der Waals surface area contributed by atoms with Crippen molar-refractivity contribution in [1.29, 1.82) is 0 Å². The highest BCUT2D eigenvalue weighted by atomic mass is 35.5. The number of rotatable bonds is 6. The van der Waals surface area contributed by atoms with Crippen LogP contribution in [0.15, 0.2) is 82.2 Å². The lowest BCUT2D eigenvalue weighted by Gasteiger charge is -2.01. The summed E-state index contributed by atoms with van der Waals surface area (Å²) in [6.45, 7) is 0. The van der Waals surface area contributed by atoms with Crippen LogP contribution in [-0.4, -0.2) is 44.1 Å². The van der Waals surface area contributed by atoms with Crippen LogP contribution in [0.5, 0.6) is 0 Å². The third-order valence-electron chi connectivity index (χ3n) is 5.84. The third-order valence-corrected chi connectivity index (χ3v) is 6.25. The number of ether oxygens (including phenoxy) is 1. The minimum atomic E-state index is -1.13. The van der Waals surface area contributed by atoms with Crippen LogP contribution in [0.4, 0.5) is 0 Å². The van der Waals surface area contributed by atoms with E-state index >= 15 is 0 Å². The Morgan fingerprint density at radius 2 is 1.22 bits per heavy atom. The Balaban J connectivity index is 0.000000165. The molecule has 4 heterocycles. The molecule has 0 bridgehead atoms. The molecule has 206 valence electrons. The largest absolute Gasteiger partial charge is 0.475 e. The molecule has 4 aromatic heterocycles. The van der Waals surface area contributed by atoms with Crippen LogP contribution in [0.2, 0.25) is 10.0 Å². The Labute approximate surface area is 242 Å². The van der Waals surface area contributed by atoms with Crippen LogP contribution in [0, 0.1) is 0 Å². The summed E-state index contributed by atoms with van der Waals surface area (Å²) in [6.07, 6.45) is 6.66. The molecular weight excluding hydrogens is 571 g/mol. The van der Waals surface area contributed by atoms with Crippen molar-refractivity contribution in [2.24, 2.45) is 0 Å². The summed E-state index contributed by atoms with van der Waals surface area (Å²) < 4.78 is 15.1. The van der Waals surface area contributed by atoms with Gasteiger partial charge in [-0.2, -0.15) is 0 Å². The standard InChI is InChI=1S/C15H11ClN2O3.C14H9ClN2O3/c1-20-15(19)13-8-18-14(21-13)5-9-2-3-12-10(4-9)6-11(16)7-17-12;15-10-5-9-3-8(1-2-11(9)16-6-10)4-13-17-7-12(20-13)14(18)19/h2-4,6-8H,5H2,1H3;1-3,5-7H,4H2,(H,18,19). The molecular formula is C29H20Cl2N4O6. The highest BCUT2D eigenvalue weighted by Gasteiger charge is 2.13. The van der Waals surface area contributed by atoms with Crippen molar-refractivity contribution in [2.45, 2.75) is 12.8 Å². The molecule has 0 amide bonds. The van der Waals surface area contributed by atoms with Crippen LogP contribution in [0.1, 0.15) is 44.0 Å². The molecule has 0 aliphatic carbocycles. The predicted octanol–water partition coefficient (Wildman–Crippen LogP) is 6.42. The summed E-state index contributed by atoms with van der Waals surface area (Å²) in [5.41, 5.74) is 3.65. The van der Waals surface area contributed by atoms with Crippen LogP contribution in [0.3, 0.4) is 0 Å². The first kappa shape index (κ1) is 27.8. The fraction of sp³-hybridized carbons (Fsp3) is 0.103. The van der Waals surface area contributed by atoms with Gasteiger partial charge >= 0.3 is 11.9 Å². The molecule has 10 nitrogen and oxygen atoms in total. The Kier molecular flexibility index (Phi) is 8.23. The van der Waals surface area contributed by atoms with E-state index in [0.717, 1.165) is 32.9 Å². The number of esters is 1. The maximum Gasteiger partial charge on any atom is 0.375 e. The van der Waals surface area contributed by atoms with E-state index in [1.165, 1.54) is 19.5 Å². The van der Waals surface area contributed by atoms with Gasteiger partial charge in [-0.3, -0.25) is 9.97 Å². The molecule has 41 heavy (non-hydrogen) atoms. The molecule has 0 saturated carbocycles. The van der Waals surface area contributed by atoms with Gasteiger partial charge in [0.25, 0.3) is 0 Å². The summed E-state index contributed by atoms with van der Waals surface area (Å²) in [6, 6.07) is 15.2. The molecule has 6 rings (SSSR count). The highest BCUT2D eigenvalue weighted by Crippen LogP contribution is 2.21.